The van der Waals surface area contributed by atoms with Crippen LogP contribution in [-0.4, -0.2) is 39.5 Å². The van der Waals surface area contributed by atoms with Crippen molar-refractivity contribution in [3.63, 3.8) is 0 Å². The van der Waals surface area contributed by atoms with Crippen molar-refractivity contribution in [1.82, 2.24) is 4.31 Å². The molecule has 1 fully saturated rings. The maximum atomic E-state index is 12.4. The van der Waals surface area contributed by atoms with Gasteiger partial charge in [0.15, 0.2) is 0 Å². The summed E-state index contributed by atoms with van der Waals surface area (Å²) in [5.41, 5.74) is 5.52. The lowest BCUT2D eigenvalue weighted by Gasteiger charge is -2.30. The standard InChI is InChI=1S/C12H20N2O3S2/c1-17-9-10-4-6-14(7-5-10)19(15,16)12-3-2-11(8-13)18-12/h2-3,10H,4-9,13H2,1H3. The maximum Gasteiger partial charge on any atom is 0.252 e. The summed E-state index contributed by atoms with van der Waals surface area (Å²) in [6.07, 6.45) is 1.73. The van der Waals surface area contributed by atoms with Crippen LogP contribution in [0.4, 0.5) is 0 Å². The Morgan fingerprint density at radius 1 is 1.42 bits per heavy atom. The summed E-state index contributed by atoms with van der Waals surface area (Å²) in [4.78, 5) is 0.896. The first-order chi connectivity index (χ1) is 9.07. The first-order valence-corrected chi connectivity index (χ1v) is 8.61. The van der Waals surface area contributed by atoms with Crippen molar-refractivity contribution < 1.29 is 13.2 Å². The van der Waals surface area contributed by atoms with Crippen LogP contribution in [0.5, 0.6) is 0 Å². The minimum atomic E-state index is -3.33. The average Bonchev–Trinajstić information content (AvgIpc) is 2.89. The molecule has 0 aliphatic carbocycles. The summed E-state index contributed by atoms with van der Waals surface area (Å²) in [6.45, 7) is 2.25. The molecule has 0 saturated carbocycles. The Morgan fingerprint density at radius 2 is 2.11 bits per heavy atom. The molecular weight excluding hydrogens is 284 g/mol. The monoisotopic (exact) mass is 304 g/mol. The van der Waals surface area contributed by atoms with Gasteiger partial charge in [-0.25, -0.2) is 8.42 Å². The molecule has 0 unspecified atom stereocenters. The molecule has 19 heavy (non-hydrogen) atoms. The lowest BCUT2D eigenvalue weighted by atomic mass is 9.99. The van der Waals surface area contributed by atoms with Crippen LogP contribution in [0.3, 0.4) is 0 Å². The fourth-order valence-corrected chi connectivity index (χ4v) is 5.14. The number of rotatable bonds is 5. The van der Waals surface area contributed by atoms with Gasteiger partial charge in [-0.15, -0.1) is 11.3 Å². The summed E-state index contributed by atoms with van der Waals surface area (Å²) in [6, 6.07) is 3.44. The highest BCUT2D eigenvalue weighted by Gasteiger charge is 2.30. The van der Waals surface area contributed by atoms with Gasteiger partial charge in [-0.1, -0.05) is 0 Å². The number of methoxy groups -OCH3 is 1. The zero-order chi connectivity index (χ0) is 13.9. The van der Waals surface area contributed by atoms with E-state index in [1.807, 2.05) is 0 Å². The van der Waals surface area contributed by atoms with Crippen LogP contribution in [-0.2, 0) is 21.3 Å². The Bertz CT molecular complexity index is 505. The molecule has 0 amide bonds. The molecule has 2 N–H and O–H groups in total. The number of ether oxygens (including phenoxy) is 1. The Hall–Kier alpha value is -0.470. The predicted molar refractivity (Wildman–Crippen MR) is 75.6 cm³/mol. The van der Waals surface area contributed by atoms with Crippen LogP contribution in [0.25, 0.3) is 0 Å². The third-order valence-corrected chi connectivity index (χ3v) is 6.88. The normalized spacial score (nSPS) is 18.8. The molecule has 0 bridgehead atoms. The number of hydrogen-bond donors (Lipinski definition) is 1. The Balaban J connectivity index is 2.05. The lowest BCUT2D eigenvalue weighted by molar-refractivity contribution is 0.121. The first kappa shape index (κ1) is 14.9. The van der Waals surface area contributed by atoms with Crippen molar-refractivity contribution in [2.24, 2.45) is 11.7 Å². The van der Waals surface area contributed by atoms with Crippen LogP contribution < -0.4 is 5.73 Å². The van der Waals surface area contributed by atoms with Crippen molar-refractivity contribution in [2.75, 3.05) is 26.8 Å². The topological polar surface area (TPSA) is 72.6 Å². The van der Waals surface area contributed by atoms with E-state index in [1.54, 1.807) is 23.5 Å². The summed E-state index contributed by atoms with van der Waals surface area (Å²) in [5.74, 6) is 0.472. The van der Waals surface area contributed by atoms with E-state index in [2.05, 4.69) is 0 Å². The quantitative estimate of drug-likeness (QED) is 0.888. The molecule has 2 rings (SSSR count). The second-order valence-electron chi connectivity index (χ2n) is 4.73. The third-order valence-electron chi connectivity index (χ3n) is 3.41. The highest BCUT2D eigenvalue weighted by molar-refractivity contribution is 7.91. The highest BCUT2D eigenvalue weighted by Crippen LogP contribution is 2.28. The van der Waals surface area contributed by atoms with E-state index in [0.717, 1.165) is 17.7 Å². The number of thiophene rings is 1. The van der Waals surface area contributed by atoms with Gasteiger partial charge < -0.3 is 10.5 Å². The van der Waals surface area contributed by atoms with Crippen molar-refractivity contribution in [3.8, 4) is 0 Å². The van der Waals surface area contributed by atoms with E-state index in [-0.39, 0.29) is 0 Å². The van der Waals surface area contributed by atoms with Gasteiger partial charge in [0.2, 0.25) is 0 Å². The molecule has 0 radical (unpaired) electrons. The molecule has 5 nitrogen and oxygen atoms in total. The van der Waals surface area contributed by atoms with Crippen LogP contribution >= 0.6 is 11.3 Å². The SMILES string of the molecule is COCC1CCN(S(=O)(=O)c2ccc(CN)s2)CC1. The maximum absolute atomic E-state index is 12.4. The molecular formula is C12H20N2O3S2. The van der Waals surface area contributed by atoms with Crippen molar-refractivity contribution in [1.29, 1.82) is 0 Å². The minimum absolute atomic E-state index is 0.385. The summed E-state index contributed by atoms with van der Waals surface area (Å²) in [5, 5.41) is 0. The minimum Gasteiger partial charge on any atom is -0.384 e. The molecule has 1 aliphatic heterocycles. The van der Waals surface area contributed by atoms with E-state index in [9.17, 15) is 8.42 Å². The van der Waals surface area contributed by atoms with E-state index in [4.69, 9.17) is 10.5 Å². The largest absolute Gasteiger partial charge is 0.384 e. The molecule has 0 aromatic carbocycles. The number of nitrogens with two attached hydrogens (primary N) is 1. The van der Waals surface area contributed by atoms with Crippen LogP contribution in [0.2, 0.25) is 0 Å². The number of hydrogen-bond acceptors (Lipinski definition) is 5. The second-order valence-corrected chi connectivity index (χ2v) is 8.06. The third kappa shape index (κ3) is 3.35. The van der Waals surface area contributed by atoms with Crippen molar-refractivity contribution in [2.45, 2.75) is 23.6 Å². The van der Waals surface area contributed by atoms with E-state index in [1.165, 1.54) is 11.3 Å². The van der Waals surface area contributed by atoms with E-state index in [0.29, 0.717) is 36.4 Å². The zero-order valence-electron chi connectivity index (χ0n) is 11.0. The van der Waals surface area contributed by atoms with E-state index >= 15 is 0 Å². The van der Waals surface area contributed by atoms with Crippen LogP contribution in [0.1, 0.15) is 17.7 Å². The Morgan fingerprint density at radius 3 is 2.63 bits per heavy atom. The molecule has 1 aromatic heterocycles. The van der Waals surface area contributed by atoms with Crippen molar-refractivity contribution >= 4 is 21.4 Å². The van der Waals surface area contributed by atoms with Gasteiger partial charge >= 0.3 is 0 Å². The zero-order valence-corrected chi connectivity index (χ0v) is 12.7. The number of piperidine rings is 1. The predicted octanol–water partition coefficient (Wildman–Crippen LogP) is 1.25. The average molecular weight is 304 g/mol. The van der Waals surface area contributed by atoms with Crippen LogP contribution in [0, 0.1) is 5.92 Å². The molecule has 2 heterocycles. The molecule has 1 aliphatic rings. The van der Waals surface area contributed by atoms with Crippen LogP contribution in [0.15, 0.2) is 16.3 Å². The highest BCUT2D eigenvalue weighted by atomic mass is 32.2. The van der Waals surface area contributed by atoms with Gasteiger partial charge in [0.1, 0.15) is 4.21 Å². The van der Waals surface area contributed by atoms with Gasteiger partial charge in [-0.05, 0) is 30.9 Å². The lowest BCUT2D eigenvalue weighted by Crippen LogP contribution is -2.39. The second kappa shape index (κ2) is 6.32. The molecule has 1 saturated heterocycles. The summed E-state index contributed by atoms with van der Waals surface area (Å²) < 4.78 is 32.0. The Kier molecular flexibility index (Phi) is 4.97. The van der Waals surface area contributed by atoms with E-state index < -0.39 is 10.0 Å². The fourth-order valence-electron chi connectivity index (χ4n) is 2.29. The molecule has 7 heteroatoms. The number of sulfonamides is 1. The molecule has 108 valence electrons. The van der Waals surface area contributed by atoms with Crippen molar-refractivity contribution in [3.05, 3.63) is 17.0 Å². The van der Waals surface area contributed by atoms with Gasteiger partial charge in [-0.2, -0.15) is 4.31 Å². The fraction of sp³-hybridized carbons (Fsp3) is 0.667. The molecule has 0 spiro atoms. The van der Waals surface area contributed by atoms with Gasteiger partial charge in [0.05, 0.1) is 0 Å². The molecule has 0 atom stereocenters. The summed E-state index contributed by atoms with van der Waals surface area (Å²) in [7, 11) is -1.65. The Labute approximate surface area is 118 Å². The first-order valence-electron chi connectivity index (χ1n) is 6.35. The number of nitrogens with zero attached hydrogens (tertiary/aromatic N) is 1. The molecule has 1 aromatic rings. The van der Waals surface area contributed by atoms with Gasteiger partial charge in [0.25, 0.3) is 10.0 Å². The van der Waals surface area contributed by atoms with Gasteiger partial charge in [0, 0.05) is 38.2 Å². The summed E-state index contributed by atoms with van der Waals surface area (Å²) >= 11 is 1.27. The smallest absolute Gasteiger partial charge is 0.252 e. The van der Waals surface area contributed by atoms with Gasteiger partial charge in [-0.3, -0.25) is 0 Å².